The summed E-state index contributed by atoms with van der Waals surface area (Å²) in [6.45, 7) is 0. The summed E-state index contributed by atoms with van der Waals surface area (Å²) in [6.07, 6.45) is 1.90. The van der Waals surface area contributed by atoms with Crippen molar-refractivity contribution in [1.82, 2.24) is 20.1 Å². The average molecular weight is 266 g/mol. The lowest BCUT2D eigenvalue weighted by atomic mass is 10.1. The van der Waals surface area contributed by atoms with Gasteiger partial charge >= 0.3 is 0 Å². The van der Waals surface area contributed by atoms with Gasteiger partial charge in [0.15, 0.2) is 5.69 Å². The van der Waals surface area contributed by atoms with E-state index in [0.717, 1.165) is 22.2 Å². The minimum atomic E-state index is -0.148. The van der Waals surface area contributed by atoms with E-state index in [9.17, 15) is 4.79 Å². The predicted molar refractivity (Wildman–Crippen MR) is 77.3 cm³/mol. The molecule has 0 saturated heterocycles. The molecule has 1 N–H and O–H groups in total. The second kappa shape index (κ2) is 4.77. The molecule has 5 heteroatoms. The quantitative estimate of drug-likeness (QED) is 0.774. The van der Waals surface area contributed by atoms with Crippen LogP contribution < -0.4 is 0 Å². The van der Waals surface area contributed by atoms with Crippen molar-refractivity contribution >= 4 is 16.8 Å². The van der Waals surface area contributed by atoms with E-state index in [1.165, 1.54) is 4.90 Å². The Kier molecular flexibility index (Phi) is 2.95. The molecule has 0 saturated carbocycles. The highest BCUT2D eigenvalue weighted by atomic mass is 16.2. The maximum absolute atomic E-state index is 11.8. The van der Waals surface area contributed by atoms with Crippen LogP contribution in [0.15, 0.2) is 42.6 Å². The van der Waals surface area contributed by atoms with E-state index in [0.29, 0.717) is 5.69 Å². The normalized spacial score (nSPS) is 10.7. The molecule has 0 spiro atoms. The van der Waals surface area contributed by atoms with Crippen LogP contribution in [0, 0.1) is 0 Å². The van der Waals surface area contributed by atoms with E-state index in [1.807, 2.05) is 36.5 Å². The number of amides is 1. The molecule has 2 aromatic heterocycles. The Bertz CT molecular complexity index is 759. The van der Waals surface area contributed by atoms with Crippen molar-refractivity contribution in [2.45, 2.75) is 0 Å². The Hall–Kier alpha value is -2.69. The maximum Gasteiger partial charge on any atom is 0.273 e. The highest BCUT2D eigenvalue weighted by Crippen LogP contribution is 2.22. The average Bonchev–Trinajstić information content (AvgIpc) is 2.94. The van der Waals surface area contributed by atoms with Crippen LogP contribution in [-0.2, 0) is 0 Å². The molecule has 5 nitrogen and oxygen atoms in total. The summed E-state index contributed by atoms with van der Waals surface area (Å²) < 4.78 is 0. The second-order valence-electron chi connectivity index (χ2n) is 4.78. The number of aromatic amines is 1. The molecule has 3 rings (SSSR count). The molecule has 100 valence electrons. The lowest BCUT2D eigenvalue weighted by molar-refractivity contribution is 0.0821. The van der Waals surface area contributed by atoms with Crippen molar-refractivity contribution in [2.24, 2.45) is 0 Å². The van der Waals surface area contributed by atoms with Gasteiger partial charge in [0.1, 0.15) is 0 Å². The first-order valence-electron chi connectivity index (χ1n) is 6.28. The van der Waals surface area contributed by atoms with E-state index in [2.05, 4.69) is 15.2 Å². The third kappa shape index (κ3) is 2.14. The molecule has 1 aromatic carbocycles. The molecule has 0 aliphatic heterocycles. The summed E-state index contributed by atoms with van der Waals surface area (Å²) in [6, 6.07) is 11.6. The Balaban J connectivity index is 1.96. The van der Waals surface area contributed by atoms with E-state index >= 15 is 0 Å². The first kappa shape index (κ1) is 12.3. The van der Waals surface area contributed by atoms with Crippen molar-refractivity contribution in [1.29, 1.82) is 0 Å². The molecule has 0 bridgehead atoms. The molecular weight excluding hydrogens is 252 g/mol. The van der Waals surface area contributed by atoms with Crippen LogP contribution in [0.5, 0.6) is 0 Å². The van der Waals surface area contributed by atoms with Gasteiger partial charge in [-0.15, -0.1) is 10.2 Å². The molecule has 0 fully saturated rings. The number of rotatable bonds is 2. The zero-order valence-electron chi connectivity index (χ0n) is 11.3. The van der Waals surface area contributed by atoms with Gasteiger partial charge in [0, 0.05) is 36.8 Å². The topological polar surface area (TPSA) is 61.9 Å². The molecule has 1 amide bonds. The van der Waals surface area contributed by atoms with Crippen LogP contribution in [0.25, 0.3) is 22.2 Å². The van der Waals surface area contributed by atoms with Crippen LogP contribution in [0.1, 0.15) is 10.5 Å². The zero-order valence-corrected chi connectivity index (χ0v) is 11.3. The smallest absolute Gasteiger partial charge is 0.273 e. The Morgan fingerprint density at radius 2 is 1.95 bits per heavy atom. The first-order valence-corrected chi connectivity index (χ1v) is 6.28. The van der Waals surface area contributed by atoms with Crippen LogP contribution in [0.2, 0.25) is 0 Å². The molecule has 3 aromatic rings. The maximum atomic E-state index is 11.8. The van der Waals surface area contributed by atoms with Gasteiger partial charge in [0.05, 0.1) is 5.69 Å². The van der Waals surface area contributed by atoms with Gasteiger partial charge < -0.3 is 9.88 Å². The van der Waals surface area contributed by atoms with Gasteiger partial charge in [-0.3, -0.25) is 4.79 Å². The van der Waals surface area contributed by atoms with E-state index in [1.54, 1.807) is 20.2 Å². The van der Waals surface area contributed by atoms with Gasteiger partial charge in [-0.1, -0.05) is 6.07 Å². The summed E-state index contributed by atoms with van der Waals surface area (Å²) in [4.78, 5) is 16.4. The minimum Gasteiger partial charge on any atom is -0.361 e. The number of nitrogens with zero attached hydrogens (tertiary/aromatic N) is 3. The number of carbonyl (C=O) groups is 1. The largest absolute Gasteiger partial charge is 0.361 e. The van der Waals surface area contributed by atoms with Crippen molar-refractivity contribution in [2.75, 3.05) is 14.1 Å². The Morgan fingerprint density at radius 3 is 2.65 bits per heavy atom. The summed E-state index contributed by atoms with van der Waals surface area (Å²) >= 11 is 0. The van der Waals surface area contributed by atoms with Crippen LogP contribution in [-0.4, -0.2) is 40.1 Å². The number of hydrogen-bond acceptors (Lipinski definition) is 3. The van der Waals surface area contributed by atoms with Gasteiger partial charge in [-0.2, -0.15) is 0 Å². The van der Waals surface area contributed by atoms with E-state index < -0.39 is 0 Å². The van der Waals surface area contributed by atoms with E-state index in [-0.39, 0.29) is 5.91 Å². The first-order chi connectivity index (χ1) is 9.65. The van der Waals surface area contributed by atoms with Crippen LogP contribution >= 0.6 is 0 Å². The fourth-order valence-corrected chi connectivity index (χ4v) is 2.04. The van der Waals surface area contributed by atoms with E-state index in [4.69, 9.17) is 0 Å². The SMILES string of the molecule is CN(C)C(=O)c1ccc(-c2ccc3[nH]ccc3c2)nn1. The van der Waals surface area contributed by atoms with Crippen molar-refractivity contribution < 1.29 is 4.79 Å². The number of H-pyrrole nitrogens is 1. The number of fused-ring (bicyclic) bond motifs is 1. The Labute approximate surface area is 116 Å². The number of nitrogens with one attached hydrogen (secondary N) is 1. The predicted octanol–water partition coefficient (Wildman–Crippen LogP) is 2.33. The number of benzene rings is 1. The molecule has 0 radical (unpaired) electrons. The van der Waals surface area contributed by atoms with Gasteiger partial charge in [-0.25, -0.2) is 0 Å². The molecule has 0 aliphatic rings. The standard InChI is InChI=1S/C15H14N4O/c1-19(2)15(20)14-6-5-13(17-18-14)10-3-4-12-11(9-10)7-8-16-12/h3-9,16H,1-2H3. The van der Waals surface area contributed by atoms with Crippen molar-refractivity contribution in [3.63, 3.8) is 0 Å². The molecular formula is C15H14N4O. The van der Waals surface area contributed by atoms with Crippen molar-refractivity contribution in [3.05, 3.63) is 48.3 Å². The molecule has 0 aliphatic carbocycles. The Morgan fingerprint density at radius 1 is 1.10 bits per heavy atom. The lowest BCUT2D eigenvalue weighted by Gasteiger charge is -2.08. The number of carbonyl (C=O) groups excluding carboxylic acids is 1. The molecule has 20 heavy (non-hydrogen) atoms. The van der Waals surface area contributed by atoms with Crippen LogP contribution in [0.3, 0.4) is 0 Å². The van der Waals surface area contributed by atoms with Crippen molar-refractivity contribution in [3.8, 4) is 11.3 Å². The third-order valence-corrected chi connectivity index (χ3v) is 3.14. The minimum absolute atomic E-state index is 0.148. The van der Waals surface area contributed by atoms with Crippen LogP contribution in [0.4, 0.5) is 0 Å². The molecule has 0 unspecified atom stereocenters. The highest BCUT2D eigenvalue weighted by Gasteiger charge is 2.10. The molecule has 2 heterocycles. The number of hydrogen-bond donors (Lipinski definition) is 1. The highest BCUT2D eigenvalue weighted by molar-refractivity contribution is 5.92. The van der Waals surface area contributed by atoms with Gasteiger partial charge in [-0.05, 0) is 30.3 Å². The lowest BCUT2D eigenvalue weighted by Crippen LogP contribution is -2.23. The molecule has 0 atom stereocenters. The second-order valence-corrected chi connectivity index (χ2v) is 4.78. The fraction of sp³-hybridized carbons (Fsp3) is 0.133. The summed E-state index contributed by atoms with van der Waals surface area (Å²) in [7, 11) is 3.38. The van der Waals surface area contributed by atoms with Gasteiger partial charge in [0.2, 0.25) is 0 Å². The number of aromatic nitrogens is 3. The zero-order chi connectivity index (χ0) is 14.1. The summed E-state index contributed by atoms with van der Waals surface area (Å²) in [5.74, 6) is -0.148. The third-order valence-electron chi connectivity index (χ3n) is 3.14. The monoisotopic (exact) mass is 266 g/mol. The van der Waals surface area contributed by atoms with Gasteiger partial charge in [0.25, 0.3) is 5.91 Å². The fourth-order valence-electron chi connectivity index (χ4n) is 2.04. The summed E-state index contributed by atoms with van der Waals surface area (Å²) in [5, 5.41) is 9.25. The summed E-state index contributed by atoms with van der Waals surface area (Å²) in [5.41, 5.74) is 3.17.